The van der Waals surface area contributed by atoms with Crippen LogP contribution in [0.1, 0.15) is 6.42 Å². The number of hydrogen-bond acceptors (Lipinski definition) is 10. The third-order valence-electron chi connectivity index (χ3n) is 4.51. The first kappa shape index (κ1) is 18.9. The largest absolute Gasteiger partial charge is 0.394 e. The van der Waals surface area contributed by atoms with Crippen LogP contribution in [0.25, 0.3) is 0 Å². The molecule has 0 aromatic carbocycles. The van der Waals surface area contributed by atoms with Crippen LogP contribution in [0.15, 0.2) is 0 Å². The van der Waals surface area contributed by atoms with Gasteiger partial charge in [0.1, 0.15) is 36.6 Å². The highest BCUT2D eigenvalue weighted by Crippen LogP contribution is 2.33. The molecule has 0 aliphatic carbocycles. The first-order chi connectivity index (χ1) is 10.8. The number of hydrogen-bond donors (Lipinski definition) is 8. The SMILES string of the molecule is OC[C@H]1O[C@@H]([C@H](O)[C@@H]2C[C@@H](O)O[C@H](CO)[C@H]2O)[C@H](O)[C@@H](O)[C@@H]1O. The third kappa shape index (κ3) is 3.66. The highest BCUT2D eigenvalue weighted by atomic mass is 16.6. The van der Waals surface area contributed by atoms with Gasteiger partial charge in [0, 0.05) is 12.3 Å². The molecule has 0 saturated carbocycles. The van der Waals surface area contributed by atoms with Crippen molar-refractivity contribution in [1.82, 2.24) is 0 Å². The molecule has 0 aromatic heterocycles. The number of rotatable bonds is 4. The van der Waals surface area contributed by atoms with Gasteiger partial charge in [0.15, 0.2) is 6.29 Å². The Morgan fingerprint density at radius 2 is 1.35 bits per heavy atom. The van der Waals surface area contributed by atoms with Crippen LogP contribution in [0.3, 0.4) is 0 Å². The molecular formula is C13H24O10. The first-order valence-corrected chi connectivity index (χ1v) is 7.42. The summed E-state index contributed by atoms with van der Waals surface area (Å²) in [7, 11) is 0. The lowest BCUT2D eigenvalue weighted by molar-refractivity contribution is -0.279. The molecule has 10 heteroatoms. The van der Waals surface area contributed by atoms with Gasteiger partial charge in [-0.15, -0.1) is 0 Å². The Balaban J connectivity index is 2.15. The third-order valence-corrected chi connectivity index (χ3v) is 4.51. The summed E-state index contributed by atoms with van der Waals surface area (Å²) in [6, 6.07) is 0. The van der Waals surface area contributed by atoms with Crippen molar-refractivity contribution < 1.29 is 50.3 Å². The van der Waals surface area contributed by atoms with Crippen LogP contribution >= 0.6 is 0 Å². The smallest absolute Gasteiger partial charge is 0.155 e. The van der Waals surface area contributed by atoms with Crippen molar-refractivity contribution in [3.05, 3.63) is 0 Å². The van der Waals surface area contributed by atoms with Gasteiger partial charge in [0.25, 0.3) is 0 Å². The van der Waals surface area contributed by atoms with Gasteiger partial charge in [-0.05, 0) is 0 Å². The highest BCUT2D eigenvalue weighted by Gasteiger charge is 2.50. The minimum absolute atomic E-state index is 0.187. The summed E-state index contributed by atoms with van der Waals surface area (Å²) in [6.07, 6.45) is -13.0. The summed E-state index contributed by atoms with van der Waals surface area (Å²) in [4.78, 5) is 0. The molecule has 2 aliphatic rings. The van der Waals surface area contributed by atoms with Gasteiger partial charge in [-0.1, -0.05) is 0 Å². The lowest BCUT2D eigenvalue weighted by atomic mass is 9.80. The van der Waals surface area contributed by atoms with Crippen molar-refractivity contribution >= 4 is 0 Å². The lowest BCUT2D eigenvalue weighted by Gasteiger charge is -2.46. The Labute approximate surface area is 132 Å². The number of aliphatic hydroxyl groups excluding tert-OH is 8. The molecule has 0 aromatic rings. The fourth-order valence-corrected chi connectivity index (χ4v) is 3.13. The molecule has 2 fully saturated rings. The van der Waals surface area contributed by atoms with Crippen LogP contribution in [0.2, 0.25) is 0 Å². The topological polar surface area (TPSA) is 180 Å². The molecule has 2 rings (SSSR count). The molecule has 2 aliphatic heterocycles. The van der Waals surface area contributed by atoms with E-state index >= 15 is 0 Å². The number of ether oxygens (including phenoxy) is 2. The van der Waals surface area contributed by atoms with E-state index in [9.17, 15) is 30.6 Å². The maximum Gasteiger partial charge on any atom is 0.155 e. The summed E-state index contributed by atoms with van der Waals surface area (Å²) >= 11 is 0. The van der Waals surface area contributed by atoms with Gasteiger partial charge < -0.3 is 50.3 Å². The Morgan fingerprint density at radius 3 is 1.91 bits per heavy atom. The van der Waals surface area contributed by atoms with E-state index < -0.39 is 74.3 Å². The van der Waals surface area contributed by atoms with Gasteiger partial charge in [0.05, 0.1) is 25.4 Å². The zero-order valence-electron chi connectivity index (χ0n) is 12.3. The van der Waals surface area contributed by atoms with E-state index in [1.54, 1.807) is 0 Å². The Hall–Kier alpha value is -0.400. The van der Waals surface area contributed by atoms with Crippen LogP contribution in [-0.4, -0.2) is 109 Å². The second-order valence-corrected chi connectivity index (χ2v) is 5.99. The molecule has 0 amide bonds. The van der Waals surface area contributed by atoms with Gasteiger partial charge >= 0.3 is 0 Å². The van der Waals surface area contributed by atoms with Crippen molar-refractivity contribution in [2.24, 2.45) is 5.92 Å². The van der Waals surface area contributed by atoms with Gasteiger partial charge in [-0.2, -0.15) is 0 Å². The average molecular weight is 340 g/mol. The van der Waals surface area contributed by atoms with Gasteiger partial charge in [0.2, 0.25) is 0 Å². The maximum absolute atomic E-state index is 10.4. The second kappa shape index (κ2) is 7.66. The summed E-state index contributed by atoms with van der Waals surface area (Å²) in [5, 5.41) is 77.9. The Morgan fingerprint density at radius 1 is 0.783 bits per heavy atom. The molecule has 0 radical (unpaired) electrons. The van der Waals surface area contributed by atoms with Crippen LogP contribution in [0.5, 0.6) is 0 Å². The standard InChI is InChI=1S/C13H24O10/c14-2-5-8(17)4(1-7(16)22-5)9(18)13-12(21)11(20)10(19)6(3-15)23-13/h4-21H,1-3H2/t4-,5-,6-,7+,8+,9-,10-,11+,12-,13+/m1/s1. The summed E-state index contributed by atoms with van der Waals surface area (Å²) in [5.41, 5.74) is 0. The van der Waals surface area contributed by atoms with Crippen molar-refractivity contribution in [3.8, 4) is 0 Å². The van der Waals surface area contributed by atoms with E-state index in [4.69, 9.17) is 19.7 Å². The molecule has 8 N–H and O–H groups in total. The van der Waals surface area contributed by atoms with E-state index in [0.717, 1.165) is 0 Å². The molecule has 2 saturated heterocycles. The van der Waals surface area contributed by atoms with Crippen LogP contribution < -0.4 is 0 Å². The minimum atomic E-state index is -1.66. The predicted octanol–water partition coefficient (Wildman–Crippen LogP) is -4.73. The predicted molar refractivity (Wildman–Crippen MR) is 71.9 cm³/mol. The fraction of sp³-hybridized carbons (Fsp3) is 1.00. The zero-order valence-corrected chi connectivity index (χ0v) is 12.3. The second-order valence-electron chi connectivity index (χ2n) is 5.99. The highest BCUT2D eigenvalue weighted by molar-refractivity contribution is 4.99. The quantitative estimate of drug-likeness (QED) is 0.247. The zero-order chi connectivity index (χ0) is 17.3. The van der Waals surface area contributed by atoms with Gasteiger partial charge in [-0.25, -0.2) is 0 Å². The van der Waals surface area contributed by atoms with E-state index in [-0.39, 0.29) is 6.42 Å². The Bertz CT molecular complexity index is 380. The fourth-order valence-electron chi connectivity index (χ4n) is 3.13. The van der Waals surface area contributed by atoms with Crippen molar-refractivity contribution in [1.29, 1.82) is 0 Å². The first-order valence-electron chi connectivity index (χ1n) is 7.42. The Kier molecular flexibility index (Phi) is 6.30. The lowest BCUT2D eigenvalue weighted by Crippen LogP contribution is -2.64. The summed E-state index contributed by atoms with van der Waals surface area (Å²) < 4.78 is 10.2. The van der Waals surface area contributed by atoms with Crippen molar-refractivity contribution in [2.45, 2.75) is 61.5 Å². The van der Waals surface area contributed by atoms with Crippen LogP contribution in [-0.2, 0) is 9.47 Å². The normalized spacial score (nSPS) is 49.8. The minimum Gasteiger partial charge on any atom is -0.394 e. The maximum atomic E-state index is 10.4. The van der Waals surface area contributed by atoms with Crippen molar-refractivity contribution in [2.75, 3.05) is 13.2 Å². The molecule has 136 valence electrons. The monoisotopic (exact) mass is 340 g/mol. The van der Waals surface area contributed by atoms with E-state index in [1.165, 1.54) is 0 Å². The van der Waals surface area contributed by atoms with Crippen molar-refractivity contribution in [3.63, 3.8) is 0 Å². The molecule has 0 bridgehead atoms. The summed E-state index contributed by atoms with van der Waals surface area (Å²) in [5.74, 6) is -1.02. The van der Waals surface area contributed by atoms with E-state index in [2.05, 4.69) is 0 Å². The van der Waals surface area contributed by atoms with E-state index in [1.807, 2.05) is 0 Å². The molecule has 0 unspecified atom stereocenters. The average Bonchev–Trinajstić information content (AvgIpc) is 2.54. The number of aliphatic hydroxyl groups is 8. The molecule has 0 spiro atoms. The van der Waals surface area contributed by atoms with Gasteiger partial charge in [-0.3, -0.25) is 0 Å². The van der Waals surface area contributed by atoms with E-state index in [0.29, 0.717) is 0 Å². The molecule has 2 heterocycles. The molecule has 10 atom stereocenters. The molecular weight excluding hydrogens is 316 g/mol. The molecule has 23 heavy (non-hydrogen) atoms. The molecule has 10 nitrogen and oxygen atoms in total. The summed E-state index contributed by atoms with van der Waals surface area (Å²) in [6.45, 7) is -1.23. The van der Waals surface area contributed by atoms with Crippen LogP contribution in [0.4, 0.5) is 0 Å². The van der Waals surface area contributed by atoms with Crippen LogP contribution in [0, 0.1) is 5.92 Å².